The summed E-state index contributed by atoms with van der Waals surface area (Å²) in [6.45, 7) is 5.51. The fourth-order valence-electron chi connectivity index (χ4n) is 4.00. The summed E-state index contributed by atoms with van der Waals surface area (Å²) in [4.78, 5) is 16.6. The van der Waals surface area contributed by atoms with E-state index in [1.54, 1.807) is 6.07 Å². The van der Waals surface area contributed by atoms with Crippen LogP contribution in [0.25, 0.3) is 0 Å². The molecule has 1 amide bonds. The summed E-state index contributed by atoms with van der Waals surface area (Å²) in [5.41, 5.74) is -5.53. The van der Waals surface area contributed by atoms with E-state index in [0.29, 0.717) is 25.7 Å². The van der Waals surface area contributed by atoms with Crippen molar-refractivity contribution in [3.05, 3.63) is 62.6 Å². The van der Waals surface area contributed by atoms with Gasteiger partial charge in [-0.2, -0.15) is 18.4 Å². The van der Waals surface area contributed by atoms with E-state index in [1.807, 2.05) is 18.7 Å². The van der Waals surface area contributed by atoms with E-state index >= 15 is 0 Å². The molecule has 0 aliphatic carbocycles. The number of nitrogens with zero attached hydrogens (tertiary/aromatic N) is 3. The highest BCUT2D eigenvalue weighted by Gasteiger charge is 2.57. The van der Waals surface area contributed by atoms with Gasteiger partial charge in [-0.3, -0.25) is 4.79 Å². The molecule has 10 heteroatoms. The number of rotatable bonds is 6. The molecule has 0 spiro atoms. The Labute approximate surface area is 193 Å². The van der Waals surface area contributed by atoms with E-state index in [1.165, 1.54) is 24.3 Å². The first kappa shape index (κ1) is 24.3. The first-order valence-electron chi connectivity index (χ1n) is 9.87. The maximum Gasteiger partial charge on any atom is 0.416 e. The van der Waals surface area contributed by atoms with E-state index in [-0.39, 0.29) is 33.4 Å². The van der Waals surface area contributed by atoms with Crippen LogP contribution < -0.4 is 4.90 Å². The van der Waals surface area contributed by atoms with Crippen molar-refractivity contribution in [1.82, 2.24) is 4.90 Å². The van der Waals surface area contributed by atoms with Crippen molar-refractivity contribution in [2.45, 2.75) is 25.6 Å². The number of alkyl halides is 3. The monoisotopic (exact) mass is 485 g/mol. The van der Waals surface area contributed by atoms with Gasteiger partial charge in [0.15, 0.2) is 5.60 Å². The zero-order valence-electron chi connectivity index (χ0n) is 17.3. The molecule has 1 atom stereocenters. The van der Waals surface area contributed by atoms with Crippen LogP contribution in [0.15, 0.2) is 30.3 Å². The highest BCUT2D eigenvalue weighted by molar-refractivity contribution is 6.37. The number of hydrogen-bond donors (Lipinski definition) is 1. The number of aliphatic hydroxyl groups is 1. The number of amides is 1. The normalized spacial score (nSPS) is 18.2. The second-order valence-electron chi connectivity index (χ2n) is 7.32. The molecule has 32 heavy (non-hydrogen) atoms. The van der Waals surface area contributed by atoms with E-state index in [2.05, 4.69) is 0 Å². The number of halogens is 5. The van der Waals surface area contributed by atoms with Gasteiger partial charge in [-0.15, -0.1) is 0 Å². The Kier molecular flexibility index (Phi) is 6.78. The fourth-order valence-corrected chi connectivity index (χ4v) is 4.67. The van der Waals surface area contributed by atoms with Gasteiger partial charge in [0.2, 0.25) is 0 Å². The Morgan fingerprint density at radius 2 is 1.75 bits per heavy atom. The molecular weight excluding hydrogens is 466 g/mol. The number of likely N-dealkylation sites (N-methyl/N-ethyl adjacent to an activating group) is 1. The first-order chi connectivity index (χ1) is 15.0. The summed E-state index contributed by atoms with van der Waals surface area (Å²) in [6, 6.07) is 7.63. The van der Waals surface area contributed by atoms with Crippen molar-refractivity contribution < 1.29 is 23.1 Å². The lowest BCUT2D eigenvalue weighted by Gasteiger charge is -2.27. The number of anilines is 1. The molecule has 170 valence electrons. The molecule has 0 saturated carbocycles. The van der Waals surface area contributed by atoms with Gasteiger partial charge >= 0.3 is 6.18 Å². The van der Waals surface area contributed by atoms with Crippen LogP contribution in [0.3, 0.4) is 0 Å². The van der Waals surface area contributed by atoms with Crippen LogP contribution in [0.4, 0.5) is 18.9 Å². The smallest absolute Gasteiger partial charge is 0.372 e. The molecule has 1 N–H and O–H groups in total. The lowest BCUT2D eigenvalue weighted by atomic mass is 9.83. The van der Waals surface area contributed by atoms with E-state index in [4.69, 9.17) is 23.2 Å². The maximum atomic E-state index is 14.1. The van der Waals surface area contributed by atoms with Crippen LogP contribution in [0, 0.1) is 11.3 Å². The Bertz CT molecular complexity index is 1080. The number of fused-ring (bicyclic) bond motifs is 1. The third kappa shape index (κ3) is 3.95. The molecule has 2 aromatic rings. The van der Waals surface area contributed by atoms with Crippen molar-refractivity contribution >= 4 is 34.8 Å². The molecule has 1 unspecified atom stereocenters. The molecule has 0 aromatic heterocycles. The lowest BCUT2D eigenvalue weighted by molar-refractivity contribution is -0.142. The van der Waals surface area contributed by atoms with Crippen LogP contribution in [0.2, 0.25) is 10.0 Å². The zero-order chi connectivity index (χ0) is 23.8. The summed E-state index contributed by atoms with van der Waals surface area (Å²) in [7, 11) is 0. The van der Waals surface area contributed by atoms with Gasteiger partial charge in [0.05, 0.1) is 22.9 Å². The summed E-state index contributed by atoms with van der Waals surface area (Å²) < 4.78 is 42.2. The van der Waals surface area contributed by atoms with Crippen molar-refractivity contribution in [2.75, 3.05) is 31.1 Å². The molecule has 1 aliphatic rings. The quantitative estimate of drug-likeness (QED) is 0.637. The summed E-state index contributed by atoms with van der Waals surface area (Å²) >= 11 is 12.4. The third-order valence-corrected chi connectivity index (χ3v) is 6.25. The van der Waals surface area contributed by atoms with Crippen molar-refractivity contribution in [3.63, 3.8) is 0 Å². The number of nitriles is 1. The standard InChI is InChI=1S/C22H20Cl2F3N3O2/c1-3-29(4-2)8-9-30-17-11-13(12-28)10-14(22(25,26)27)18(17)21(32,20(30)31)19-15(23)6-5-7-16(19)24/h5-7,10-11,32H,3-4,8-9H2,1-2H3. The molecule has 0 saturated heterocycles. The number of hydrogen-bond acceptors (Lipinski definition) is 4. The number of carbonyl (C=O) groups excluding carboxylic acids is 1. The number of benzene rings is 2. The Morgan fingerprint density at radius 3 is 2.25 bits per heavy atom. The molecular formula is C22H20Cl2F3N3O2. The molecule has 5 nitrogen and oxygen atoms in total. The zero-order valence-corrected chi connectivity index (χ0v) is 18.8. The van der Waals surface area contributed by atoms with Crippen LogP contribution in [-0.4, -0.2) is 42.1 Å². The average Bonchev–Trinajstić information content (AvgIpc) is 2.95. The molecule has 0 bridgehead atoms. The fraction of sp³-hybridized carbons (Fsp3) is 0.364. The topological polar surface area (TPSA) is 67.6 Å². The third-order valence-electron chi connectivity index (χ3n) is 5.62. The summed E-state index contributed by atoms with van der Waals surface area (Å²) in [5, 5.41) is 20.7. The molecule has 1 aliphatic heterocycles. The van der Waals surface area contributed by atoms with Crippen LogP contribution in [-0.2, 0) is 16.6 Å². The highest BCUT2D eigenvalue weighted by atomic mass is 35.5. The largest absolute Gasteiger partial charge is 0.416 e. The van der Waals surface area contributed by atoms with Gasteiger partial charge in [0.25, 0.3) is 5.91 Å². The van der Waals surface area contributed by atoms with Gasteiger partial charge < -0.3 is 14.9 Å². The van der Waals surface area contributed by atoms with Crippen molar-refractivity contribution in [1.29, 1.82) is 5.26 Å². The summed E-state index contributed by atoms with van der Waals surface area (Å²) in [5.74, 6) is -1.00. The predicted molar refractivity (Wildman–Crippen MR) is 116 cm³/mol. The van der Waals surface area contributed by atoms with Gasteiger partial charge in [-0.05, 0) is 37.4 Å². The SMILES string of the molecule is CCN(CC)CCN1C(=O)C(O)(c2c(Cl)cccc2Cl)c2c1cc(C#N)cc2C(F)(F)F. The highest BCUT2D eigenvalue weighted by Crippen LogP contribution is 2.53. The molecule has 0 fully saturated rings. The summed E-state index contributed by atoms with van der Waals surface area (Å²) in [6.07, 6.45) is -4.95. The second kappa shape index (κ2) is 8.91. The molecule has 2 aromatic carbocycles. The number of carbonyl (C=O) groups is 1. The second-order valence-corrected chi connectivity index (χ2v) is 8.13. The van der Waals surface area contributed by atoms with Crippen molar-refractivity contribution in [3.8, 4) is 6.07 Å². The maximum absolute atomic E-state index is 14.1. The van der Waals surface area contributed by atoms with Gasteiger partial charge in [0, 0.05) is 34.3 Å². The van der Waals surface area contributed by atoms with Crippen LogP contribution >= 0.6 is 23.2 Å². The minimum Gasteiger partial charge on any atom is -0.372 e. The molecule has 3 rings (SSSR count). The van der Waals surface area contributed by atoms with Gasteiger partial charge in [-0.1, -0.05) is 43.1 Å². The predicted octanol–water partition coefficient (Wildman–Crippen LogP) is 4.81. The van der Waals surface area contributed by atoms with Crippen LogP contribution in [0.5, 0.6) is 0 Å². The Morgan fingerprint density at radius 1 is 1.16 bits per heavy atom. The molecule has 1 heterocycles. The van der Waals surface area contributed by atoms with E-state index in [0.717, 1.165) is 4.90 Å². The first-order valence-corrected chi connectivity index (χ1v) is 10.6. The van der Waals surface area contributed by atoms with Gasteiger partial charge in [0.1, 0.15) is 0 Å². The lowest BCUT2D eigenvalue weighted by Crippen LogP contribution is -2.44. The average molecular weight is 486 g/mol. The minimum atomic E-state index is -4.95. The van der Waals surface area contributed by atoms with Crippen LogP contribution in [0.1, 0.15) is 36.1 Å². The Hall–Kier alpha value is -2.31. The van der Waals surface area contributed by atoms with Gasteiger partial charge in [-0.25, -0.2) is 0 Å². The van der Waals surface area contributed by atoms with Crippen molar-refractivity contribution in [2.24, 2.45) is 0 Å². The molecule has 0 radical (unpaired) electrons. The van der Waals surface area contributed by atoms with E-state index in [9.17, 15) is 28.3 Å². The minimum absolute atomic E-state index is 0.00404. The Balaban J connectivity index is 2.34. The van der Waals surface area contributed by atoms with E-state index < -0.39 is 28.8 Å².